The summed E-state index contributed by atoms with van der Waals surface area (Å²) in [4.78, 5) is 37.4. The van der Waals surface area contributed by atoms with Crippen molar-refractivity contribution >= 4 is 40.8 Å². The Hall–Kier alpha value is -3.93. The number of carbonyl (C=O) groups excluding carboxylic acids is 2. The molecule has 12 heteroatoms. The van der Waals surface area contributed by atoms with Gasteiger partial charge in [0.25, 0.3) is 0 Å². The Morgan fingerprint density at radius 1 is 1.31 bits per heavy atom. The Balaban J connectivity index is 1.89. The molecule has 0 radical (unpaired) electrons. The van der Waals surface area contributed by atoms with E-state index >= 15 is 0 Å². The summed E-state index contributed by atoms with van der Waals surface area (Å²) >= 11 is 1.11. The molecule has 0 bridgehead atoms. The molecule has 2 rings (SSSR count). The SMILES string of the molecule is C=CSC(=NCC(=O)NC(=O)N/N=C/c1ccc([N+](=O)[O-])o1)c1ccccc1O. The van der Waals surface area contributed by atoms with Crippen molar-refractivity contribution in [2.45, 2.75) is 0 Å². The van der Waals surface area contributed by atoms with Gasteiger partial charge in [-0.3, -0.25) is 25.2 Å². The summed E-state index contributed by atoms with van der Waals surface area (Å²) in [5, 5.41) is 27.7. The summed E-state index contributed by atoms with van der Waals surface area (Å²) in [6.45, 7) is 3.19. The Bertz CT molecular complexity index is 984. The van der Waals surface area contributed by atoms with Crippen LogP contribution in [0.4, 0.5) is 10.7 Å². The average Bonchev–Trinajstić information content (AvgIpc) is 3.15. The highest BCUT2D eigenvalue weighted by atomic mass is 32.2. The van der Waals surface area contributed by atoms with Crippen molar-refractivity contribution in [3.05, 3.63) is 69.8 Å². The zero-order valence-electron chi connectivity index (χ0n) is 14.8. The number of aromatic hydroxyl groups is 1. The quantitative estimate of drug-likeness (QED) is 0.270. The lowest BCUT2D eigenvalue weighted by atomic mass is 10.2. The second kappa shape index (κ2) is 10.4. The molecule has 3 amide bonds. The highest BCUT2D eigenvalue weighted by Crippen LogP contribution is 2.23. The predicted octanol–water partition coefficient (Wildman–Crippen LogP) is 2.38. The molecule has 0 aliphatic heterocycles. The lowest BCUT2D eigenvalue weighted by Crippen LogP contribution is -2.38. The molecular weight excluding hydrogens is 402 g/mol. The first-order valence-electron chi connectivity index (χ1n) is 7.88. The summed E-state index contributed by atoms with van der Waals surface area (Å²) in [6, 6.07) is 7.95. The molecule has 0 atom stereocenters. The third kappa shape index (κ3) is 6.62. The van der Waals surface area contributed by atoms with Gasteiger partial charge in [-0.2, -0.15) is 5.10 Å². The summed E-state index contributed by atoms with van der Waals surface area (Å²) in [6.07, 6.45) is 1.03. The smallest absolute Gasteiger partial charge is 0.433 e. The molecule has 150 valence electrons. The highest BCUT2D eigenvalue weighted by Gasteiger charge is 2.12. The largest absolute Gasteiger partial charge is 0.507 e. The number of hydrazone groups is 1. The number of phenols is 1. The van der Waals surface area contributed by atoms with Gasteiger partial charge in [-0.25, -0.2) is 10.2 Å². The van der Waals surface area contributed by atoms with E-state index in [1.807, 2.05) is 10.7 Å². The fourth-order valence-electron chi connectivity index (χ4n) is 1.92. The molecule has 0 fully saturated rings. The number of amides is 3. The van der Waals surface area contributed by atoms with Crippen LogP contribution < -0.4 is 10.7 Å². The fraction of sp³-hybridized carbons (Fsp3) is 0.0588. The summed E-state index contributed by atoms with van der Waals surface area (Å²) in [5.41, 5.74) is 2.44. The lowest BCUT2D eigenvalue weighted by molar-refractivity contribution is -0.402. The number of phenolic OH excluding ortho intramolecular Hbond substituents is 1. The molecule has 0 aliphatic carbocycles. The van der Waals surface area contributed by atoms with Crippen LogP contribution in [0.5, 0.6) is 5.75 Å². The predicted molar refractivity (Wildman–Crippen MR) is 107 cm³/mol. The van der Waals surface area contributed by atoms with E-state index in [2.05, 4.69) is 16.7 Å². The second-order valence-electron chi connectivity index (χ2n) is 5.10. The maximum absolute atomic E-state index is 11.9. The number of urea groups is 1. The third-order valence-electron chi connectivity index (χ3n) is 3.10. The van der Waals surface area contributed by atoms with Crippen molar-refractivity contribution in [2.75, 3.05) is 6.54 Å². The van der Waals surface area contributed by atoms with Crippen LogP contribution in [0, 0.1) is 10.1 Å². The molecule has 2 aromatic rings. The summed E-state index contributed by atoms with van der Waals surface area (Å²) in [7, 11) is 0. The maximum atomic E-state index is 11.9. The van der Waals surface area contributed by atoms with Crippen molar-refractivity contribution in [1.29, 1.82) is 0 Å². The van der Waals surface area contributed by atoms with Gasteiger partial charge in [0.15, 0.2) is 5.76 Å². The van der Waals surface area contributed by atoms with Gasteiger partial charge < -0.3 is 9.52 Å². The molecule has 1 aromatic heterocycles. The van der Waals surface area contributed by atoms with Gasteiger partial charge in [-0.05, 0) is 23.6 Å². The number of nitro groups is 1. The zero-order valence-corrected chi connectivity index (χ0v) is 15.6. The summed E-state index contributed by atoms with van der Waals surface area (Å²) < 4.78 is 4.81. The van der Waals surface area contributed by atoms with Crippen LogP contribution >= 0.6 is 11.8 Å². The molecule has 0 saturated carbocycles. The van der Waals surface area contributed by atoms with Crippen LogP contribution in [0.25, 0.3) is 0 Å². The van der Waals surface area contributed by atoms with Gasteiger partial charge in [0, 0.05) is 5.56 Å². The van der Waals surface area contributed by atoms with Crippen LogP contribution in [-0.2, 0) is 4.79 Å². The Morgan fingerprint density at radius 3 is 2.72 bits per heavy atom. The fourth-order valence-corrected chi connectivity index (χ4v) is 2.52. The van der Waals surface area contributed by atoms with Gasteiger partial charge in [0.05, 0.1) is 12.3 Å². The first-order valence-corrected chi connectivity index (χ1v) is 8.76. The van der Waals surface area contributed by atoms with Crippen LogP contribution in [0.15, 0.2) is 62.9 Å². The maximum Gasteiger partial charge on any atom is 0.433 e. The Labute approximate surface area is 168 Å². The first-order chi connectivity index (χ1) is 13.9. The van der Waals surface area contributed by atoms with Gasteiger partial charge in [0.2, 0.25) is 5.91 Å². The number of nitrogens with zero attached hydrogens (tertiary/aromatic N) is 3. The number of imide groups is 1. The molecule has 0 spiro atoms. The van der Waals surface area contributed by atoms with Crippen molar-refractivity contribution in [2.24, 2.45) is 10.1 Å². The average molecular weight is 417 g/mol. The first kappa shape index (κ1) is 21.4. The minimum absolute atomic E-state index is 0.00810. The van der Waals surface area contributed by atoms with Crippen LogP contribution in [0.3, 0.4) is 0 Å². The molecule has 0 saturated heterocycles. The number of hydrogen-bond acceptors (Lipinski definition) is 9. The van der Waals surface area contributed by atoms with Crippen LogP contribution in [0.1, 0.15) is 11.3 Å². The van der Waals surface area contributed by atoms with Gasteiger partial charge >= 0.3 is 11.9 Å². The number of hydrogen-bond donors (Lipinski definition) is 3. The van der Waals surface area contributed by atoms with E-state index in [1.165, 1.54) is 17.5 Å². The molecular formula is C17H15N5O6S. The van der Waals surface area contributed by atoms with Crippen molar-refractivity contribution < 1.29 is 24.0 Å². The number of furan rings is 1. The van der Waals surface area contributed by atoms with Gasteiger partial charge in [0.1, 0.15) is 22.3 Å². The van der Waals surface area contributed by atoms with Crippen molar-refractivity contribution in [3.63, 3.8) is 0 Å². The lowest BCUT2D eigenvalue weighted by Gasteiger charge is -2.06. The highest BCUT2D eigenvalue weighted by molar-refractivity contribution is 8.16. The number of nitrogens with one attached hydrogen (secondary N) is 2. The normalized spacial score (nSPS) is 11.2. The third-order valence-corrected chi connectivity index (χ3v) is 3.84. The second-order valence-corrected chi connectivity index (χ2v) is 6.06. The van der Waals surface area contributed by atoms with Gasteiger partial charge in [-0.15, -0.1) is 0 Å². The van der Waals surface area contributed by atoms with Gasteiger partial charge in [-0.1, -0.05) is 30.5 Å². The minimum atomic E-state index is -0.928. The molecule has 0 aliphatic rings. The van der Waals surface area contributed by atoms with Crippen molar-refractivity contribution in [3.8, 4) is 5.75 Å². The van der Waals surface area contributed by atoms with E-state index in [4.69, 9.17) is 4.42 Å². The van der Waals surface area contributed by atoms with E-state index < -0.39 is 22.7 Å². The number of aliphatic imine (C=N–C) groups is 1. The number of thioether (sulfide) groups is 1. The Kier molecular flexibility index (Phi) is 7.68. The molecule has 3 N–H and O–H groups in total. The molecule has 29 heavy (non-hydrogen) atoms. The van der Waals surface area contributed by atoms with Crippen LogP contribution in [0.2, 0.25) is 0 Å². The molecule has 1 aromatic carbocycles. The van der Waals surface area contributed by atoms with E-state index in [-0.39, 0.29) is 18.1 Å². The molecule has 11 nitrogen and oxygen atoms in total. The number of carbonyl (C=O) groups is 2. The topological polar surface area (TPSA) is 159 Å². The number of para-hydroxylation sites is 1. The summed E-state index contributed by atoms with van der Waals surface area (Å²) in [5.74, 6) is -1.15. The van der Waals surface area contributed by atoms with E-state index in [9.17, 15) is 24.8 Å². The van der Waals surface area contributed by atoms with E-state index in [0.29, 0.717) is 10.6 Å². The van der Waals surface area contributed by atoms with Crippen LogP contribution in [-0.4, -0.2) is 39.8 Å². The Morgan fingerprint density at radius 2 is 2.07 bits per heavy atom. The number of benzene rings is 1. The molecule has 0 unspecified atom stereocenters. The monoisotopic (exact) mass is 417 g/mol. The zero-order chi connectivity index (χ0) is 21.2. The van der Waals surface area contributed by atoms with Crippen molar-refractivity contribution in [1.82, 2.24) is 10.7 Å². The number of rotatable bonds is 7. The van der Waals surface area contributed by atoms with E-state index in [1.54, 1.807) is 18.2 Å². The molecule has 1 heterocycles. The standard InChI is InChI=1S/C17H15N5O6S/c1-2-29-16(12-5-3-4-6-13(12)23)18-10-14(24)20-17(25)21-19-9-11-7-8-15(28-11)22(26)27/h2-9,23H,1,10H2,(H2,20,21,24,25)/b18-16?,19-9+. The van der Waals surface area contributed by atoms with E-state index in [0.717, 1.165) is 24.0 Å². The minimum Gasteiger partial charge on any atom is -0.507 e.